The summed E-state index contributed by atoms with van der Waals surface area (Å²) in [6, 6.07) is 9.91. The van der Waals surface area contributed by atoms with Crippen LogP contribution in [0.4, 0.5) is 10.1 Å². The number of carbonyl (C=O) groups is 1. The molecule has 0 aliphatic heterocycles. The van der Waals surface area contributed by atoms with Crippen molar-refractivity contribution in [3.63, 3.8) is 0 Å². The van der Waals surface area contributed by atoms with Crippen LogP contribution in [-0.4, -0.2) is 15.9 Å². The Hall–Kier alpha value is -2.60. The lowest BCUT2D eigenvalue weighted by atomic mass is 10.2. The van der Waals surface area contributed by atoms with Crippen LogP contribution in [0.1, 0.15) is 12.1 Å². The van der Waals surface area contributed by atoms with Crippen LogP contribution in [0.5, 0.6) is 0 Å². The minimum atomic E-state index is -0.436. The molecule has 0 aliphatic carbocycles. The van der Waals surface area contributed by atoms with Crippen molar-refractivity contribution in [2.24, 2.45) is 0 Å². The number of benzene rings is 1. The van der Waals surface area contributed by atoms with Gasteiger partial charge in [0.15, 0.2) is 0 Å². The summed E-state index contributed by atoms with van der Waals surface area (Å²) in [6.45, 7) is 0. The molecule has 0 spiro atoms. The number of anilines is 1. The van der Waals surface area contributed by atoms with Gasteiger partial charge < -0.3 is 5.32 Å². The maximum absolute atomic E-state index is 13.5. The SMILES string of the molecule is O=C(CCc1csc(-c2ccncc2)n1)Nc1ccccc1F. The highest BCUT2D eigenvalue weighted by Gasteiger charge is 2.09. The first-order chi connectivity index (χ1) is 11.2. The molecule has 0 atom stereocenters. The lowest BCUT2D eigenvalue weighted by Crippen LogP contribution is -2.13. The van der Waals surface area contributed by atoms with Crippen LogP contribution >= 0.6 is 11.3 Å². The molecule has 23 heavy (non-hydrogen) atoms. The summed E-state index contributed by atoms with van der Waals surface area (Å²) < 4.78 is 13.5. The van der Waals surface area contributed by atoms with Gasteiger partial charge in [-0.1, -0.05) is 12.1 Å². The Labute approximate surface area is 137 Å². The predicted molar refractivity (Wildman–Crippen MR) is 88.7 cm³/mol. The molecule has 3 aromatic rings. The Balaban J connectivity index is 1.58. The highest BCUT2D eigenvalue weighted by Crippen LogP contribution is 2.23. The molecule has 0 saturated heterocycles. The van der Waals surface area contributed by atoms with Crippen LogP contribution in [0.15, 0.2) is 54.2 Å². The third-order valence-electron chi connectivity index (χ3n) is 3.24. The highest BCUT2D eigenvalue weighted by molar-refractivity contribution is 7.13. The lowest BCUT2D eigenvalue weighted by molar-refractivity contribution is -0.116. The predicted octanol–water partition coefficient (Wildman–Crippen LogP) is 3.92. The number of aryl methyl sites for hydroxylation is 1. The van der Waals surface area contributed by atoms with Gasteiger partial charge in [-0.25, -0.2) is 9.37 Å². The molecule has 0 radical (unpaired) electrons. The number of thiazole rings is 1. The molecule has 0 bridgehead atoms. The molecule has 2 heterocycles. The Morgan fingerprint density at radius 1 is 1.17 bits per heavy atom. The molecule has 1 N–H and O–H groups in total. The number of rotatable bonds is 5. The molecule has 0 fully saturated rings. The molecule has 1 aromatic carbocycles. The average molecular weight is 327 g/mol. The number of nitrogens with zero attached hydrogens (tertiary/aromatic N) is 2. The molecule has 1 amide bonds. The summed E-state index contributed by atoms with van der Waals surface area (Å²) >= 11 is 1.53. The topological polar surface area (TPSA) is 54.9 Å². The Kier molecular flexibility index (Phi) is 4.73. The minimum Gasteiger partial charge on any atom is -0.324 e. The van der Waals surface area contributed by atoms with Crippen LogP contribution < -0.4 is 5.32 Å². The van der Waals surface area contributed by atoms with Crippen LogP contribution in [-0.2, 0) is 11.2 Å². The first kappa shape index (κ1) is 15.3. The number of nitrogens with one attached hydrogen (secondary N) is 1. The highest BCUT2D eigenvalue weighted by atomic mass is 32.1. The zero-order valence-corrected chi connectivity index (χ0v) is 13.0. The van der Waals surface area contributed by atoms with E-state index in [0.29, 0.717) is 6.42 Å². The normalized spacial score (nSPS) is 10.5. The van der Waals surface area contributed by atoms with Crippen LogP contribution in [0.25, 0.3) is 10.6 Å². The van der Waals surface area contributed by atoms with Crippen molar-refractivity contribution in [3.8, 4) is 10.6 Å². The second-order valence-electron chi connectivity index (χ2n) is 4.91. The maximum atomic E-state index is 13.5. The number of halogens is 1. The van der Waals surface area contributed by atoms with E-state index < -0.39 is 5.82 Å². The molecule has 2 aromatic heterocycles. The first-order valence-corrected chi connectivity index (χ1v) is 7.99. The lowest BCUT2D eigenvalue weighted by Gasteiger charge is -2.05. The Bertz CT molecular complexity index is 804. The van der Waals surface area contributed by atoms with E-state index in [2.05, 4.69) is 15.3 Å². The Morgan fingerprint density at radius 3 is 2.74 bits per heavy atom. The molecule has 3 rings (SSSR count). The second kappa shape index (κ2) is 7.11. The summed E-state index contributed by atoms with van der Waals surface area (Å²) in [5.74, 6) is -0.664. The van der Waals surface area contributed by atoms with Gasteiger partial charge in [0, 0.05) is 29.8 Å². The summed E-state index contributed by atoms with van der Waals surface area (Å²) in [7, 11) is 0. The summed E-state index contributed by atoms with van der Waals surface area (Å²) in [5.41, 5.74) is 2.06. The summed E-state index contributed by atoms with van der Waals surface area (Å²) in [5, 5.41) is 5.41. The van der Waals surface area contributed by atoms with Crippen molar-refractivity contribution in [1.82, 2.24) is 9.97 Å². The van der Waals surface area contributed by atoms with Crippen LogP contribution in [0, 0.1) is 5.82 Å². The van der Waals surface area contributed by atoms with E-state index in [1.54, 1.807) is 24.5 Å². The average Bonchev–Trinajstić information content (AvgIpc) is 3.05. The third kappa shape index (κ3) is 3.98. The van der Waals surface area contributed by atoms with Crippen LogP contribution in [0.2, 0.25) is 0 Å². The number of amides is 1. The van der Waals surface area contributed by atoms with Crippen molar-refractivity contribution in [2.75, 3.05) is 5.32 Å². The van der Waals surface area contributed by atoms with E-state index in [4.69, 9.17) is 0 Å². The zero-order chi connectivity index (χ0) is 16.1. The van der Waals surface area contributed by atoms with Gasteiger partial charge in [-0.15, -0.1) is 11.3 Å². The fourth-order valence-electron chi connectivity index (χ4n) is 2.07. The van der Waals surface area contributed by atoms with E-state index >= 15 is 0 Å². The van der Waals surface area contributed by atoms with Gasteiger partial charge in [0.05, 0.1) is 11.4 Å². The fourth-order valence-corrected chi connectivity index (χ4v) is 2.93. The third-order valence-corrected chi connectivity index (χ3v) is 4.18. The van der Waals surface area contributed by atoms with Gasteiger partial charge >= 0.3 is 0 Å². The number of pyridine rings is 1. The second-order valence-corrected chi connectivity index (χ2v) is 5.77. The first-order valence-electron chi connectivity index (χ1n) is 7.11. The van der Waals surface area contributed by atoms with E-state index in [1.807, 2.05) is 17.5 Å². The zero-order valence-electron chi connectivity index (χ0n) is 12.2. The number of hydrogen-bond acceptors (Lipinski definition) is 4. The smallest absolute Gasteiger partial charge is 0.224 e. The monoisotopic (exact) mass is 327 g/mol. The molecule has 116 valence electrons. The molecule has 0 saturated carbocycles. The summed E-state index contributed by atoms with van der Waals surface area (Å²) in [4.78, 5) is 20.4. The quantitative estimate of drug-likeness (QED) is 0.773. The van der Waals surface area contributed by atoms with Gasteiger partial charge in [-0.05, 0) is 30.7 Å². The summed E-state index contributed by atoms with van der Waals surface area (Å²) in [6.07, 6.45) is 4.21. The molecular weight excluding hydrogens is 313 g/mol. The fraction of sp³-hybridized carbons (Fsp3) is 0.118. The van der Waals surface area contributed by atoms with E-state index in [1.165, 1.54) is 23.5 Å². The van der Waals surface area contributed by atoms with E-state index in [-0.39, 0.29) is 18.0 Å². The largest absolute Gasteiger partial charge is 0.324 e. The maximum Gasteiger partial charge on any atom is 0.224 e. The molecule has 4 nitrogen and oxygen atoms in total. The van der Waals surface area contributed by atoms with Gasteiger partial charge in [0.2, 0.25) is 5.91 Å². The Morgan fingerprint density at radius 2 is 1.96 bits per heavy atom. The number of aromatic nitrogens is 2. The number of hydrogen-bond donors (Lipinski definition) is 1. The number of carbonyl (C=O) groups excluding carboxylic acids is 1. The molecule has 6 heteroatoms. The molecular formula is C17H14FN3OS. The van der Waals surface area contributed by atoms with Crippen molar-refractivity contribution < 1.29 is 9.18 Å². The van der Waals surface area contributed by atoms with Gasteiger partial charge in [-0.3, -0.25) is 9.78 Å². The standard InChI is InChI=1S/C17H14FN3OS/c18-14-3-1-2-4-15(14)21-16(22)6-5-13-11-23-17(20-13)12-7-9-19-10-8-12/h1-4,7-11H,5-6H2,(H,21,22). The minimum absolute atomic E-state index is 0.202. The molecule has 0 unspecified atom stereocenters. The van der Waals surface area contributed by atoms with E-state index in [0.717, 1.165) is 16.3 Å². The van der Waals surface area contributed by atoms with Crippen molar-refractivity contribution >= 4 is 22.9 Å². The van der Waals surface area contributed by atoms with Crippen molar-refractivity contribution in [2.45, 2.75) is 12.8 Å². The van der Waals surface area contributed by atoms with Crippen molar-refractivity contribution in [3.05, 3.63) is 65.7 Å². The van der Waals surface area contributed by atoms with Crippen molar-refractivity contribution in [1.29, 1.82) is 0 Å². The van der Waals surface area contributed by atoms with Gasteiger partial charge in [-0.2, -0.15) is 0 Å². The number of para-hydroxylation sites is 1. The van der Waals surface area contributed by atoms with Gasteiger partial charge in [0.25, 0.3) is 0 Å². The van der Waals surface area contributed by atoms with E-state index in [9.17, 15) is 9.18 Å². The van der Waals surface area contributed by atoms with Crippen LogP contribution in [0.3, 0.4) is 0 Å². The molecule has 0 aliphatic rings. The van der Waals surface area contributed by atoms with Gasteiger partial charge in [0.1, 0.15) is 10.8 Å².